The van der Waals surface area contributed by atoms with Crippen molar-refractivity contribution in [1.29, 1.82) is 0 Å². The molecular formula is C23H30O8. The number of rotatable bonds is 6. The summed E-state index contributed by atoms with van der Waals surface area (Å²) in [5.74, 6) is -0.727. The zero-order valence-electron chi connectivity index (χ0n) is 18.4. The number of hydrogen-bond acceptors (Lipinski definition) is 8. The second kappa shape index (κ2) is 7.10. The van der Waals surface area contributed by atoms with Crippen molar-refractivity contribution in [3.63, 3.8) is 0 Å². The molecule has 0 aromatic heterocycles. The van der Waals surface area contributed by atoms with Crippen LogP contribution in [0.15, 0.2) is 12.1 Å². The summed E-state index contributed by atoms with van der Waals surface area (Å²) in [5.41, 5.74) is -6.15. The lowest BCUT2D eigenvalue weighted by Crippen LogP contribution is -2.58. The van der Waals surface area contributed by atoms with Crippen LogP contribution in [0.1, 0.15) is 70.9 Å². The molecule has 3 aliphatic rings. The zero-order valence-corrected chi connectivity index (χ0v) is 18.4. The third kappa shape index (κ3) is 2.43. The topological polar surface area (TPSA) is 112 Å². The highest BCUT2D eigenvalue weighted by Gasteiger charge is 2.72. The maximum atomic E-state index is 13.1. The number of aliphatic hydroxyl groups is 2. The van der Waals surface area contributed by atoms with E-state index in [1.54, 1.807) is 39.8 Å². The highest BCUT2D eigenvalue weighted by Crippen LogP contribution is 2.64. The summed E-state index contributed by atoms with van der Waals surface area (Å²) in [6.45, 7) is 7.18. The molecule has 8 nitrogen and oxygen atoms in total. The molecule has 2 heterocycles. The fourth-order valence-corrected chi connectivity index (χ4v) is 5.69. The van der Waals surface area contributed by atoms with E-state index in [1.807, 2.05) is 0 Å². The summed E-state index contributed by atoms with van der Waals surface area (Å²) < 4.78 is 22.8. The zero-order chi connectivity index (χ0) is 22.7. The van der Waals surface area contributed by atoms with Gasteiger partial charge in [-0.1, -0.05) is 13.8 Å². The monoisotopic (exact) mass is 434 g/mol. The molecule has 31 heavy (non-hydrogen) atoms. The van der Waals surface area contributed by atoms with Crippen molar-refractivity contribution in [2.24, 2.45) is 0 Å². The smallest absolute Gasteiger partial charge is 0.353 e. The number of carbonyl (C=O) groups excluding carboxylic acids is 2. The van der Waals surface area contributed by atoms with E-state index in [9.17, 15) is 19.8 Å². The normalized spacial score (nSPS) is 34.9. The van der Waals surface area contributed by atoms with Crippen molar-refractivity contribution < 1.29 is 38.7 Å². The summed E-state index contributed by atoms with van der Waals surface area (Å²) in [4.78, 5) is 26.1. The van der Waals surface area contributed by atoms with Gasteiger partial charge in [0, 0.05) is 11.1 Å². The van der Waals surface area contributed by atoms with Crippen molar-refractivity contribution in [2.75, 3.05) is 13.2 Å². The van der Waals surface area contributed by atoms with Gasteiger partial charge in [0.1, 0.15) is 22.7 Å². The molecular weight excluding hydrogens is 404 g/mol. The number of ether oxygens (including phenoxy) is 4. The second-order valence-corrected chi connectivity index (χ2v) is 8.39. The van der Waals surface area contributed by atoms with Crippen molar-refractivity contribution in [1.82, 2.24) is 0 Å². The highest BCUT2D eigenvalue weighted by atomic mass is 16.6. The first-order valence-electron chi connectivity index (χ1n) is 11.1. The molecule has 0 fully saturated rings. The maximum Gasteiger partial charge on any atom is 0.353 e. The standard InChI is InChI=1S/C23H30O8/c1-5-22(18(24)28-7-3)20(26)12-9-13-21(27)17-15(11-10-14(30-22)16(17)20)31-23(21,6-2)19(25)29-8-4/h10-11,26-27H,5-9,12-13H2,1-4H3. The van der Waals surface area contributed by atoms with Crippen LogP contribution < -0.4 is 9.47 Å². The van der Waals surface area contributed by atoms with E-state index >= 15 is 0 Å². The van der Waals surface area contributed by atoms with Crippen LogP contribution in [0.3, 0.4) is 0 Å². The van der Waals surface area contributed by atoms with Crippen LogP contribution in [-0.2, 0) is 30.3 Å². The molecule has 0 spiro atoms. The molecule has 4 atom stereocenters. The average molecular weight is 434 g/mol. The molecule has 0 amide bonds. The number of carbonyl (C=O) groups is 2. The van der Waals surface area contributed by atoms with Gasteiger partial charge in [0.25, 0.3) is 0 Å². The molecule has 0 radical (unpaired) electrons. The van der Waals surface area contributed by atoms with Gasteiger partial charge in [-0.3, -0.25) is 0 Å². The molecule has 4 rings (SSSR count). The van der Waals surface area contributed by atoms with Crippen LogP contribution in [0.5, 0.6) is 11.5 Å². The summed E-state index contributed by atoms with van der Waals surface area (Å²) in [5, 5.41) is 24.1. The van der Waals surface area contributed by atoms with Gasteiger partial charge in [-0.15, -0.1) is 0 Å². The fourth-order valence-electron chi connectivity index (χ4n) is 5.69. The lowest BCUT2D eigenvalue weighted by molar-refractivity contribution is -0.188. The summed E-state index contributed by atoms with van der Waals surface area (Å²) in [6.07, 6.45) is 0.988. The summed E-state index contributed by atoms with van der Waals surface area (Å²) in [7, 11) is 0. The predicted octanol–water partition coefficient (Wildman–Crippen LogP) is 2.45. The minimum Gasteiger partial charge on any atom is -0.472 e. The van der Waals surface area contributed by atoms with E-state index in [1.165, 1.54) is 0 Å². The van der Waals surface area contributed by atoms with E-state index in [0.29, 0.717) is 17.5 Å². The van der Waals surface area contributed by atoms with Gasteiger partial charge < -0.3 is 29.2 Å². The summed E-state index contributed by atoms with van der Waals surface area (Å²) >= 11 is 0. The maximum absolute atomic E-state index is 13.1. The molecule has 2 aliphatic heterocycles. The van der Waals surface area contributed by atoms with Gasteiger partial charge in [0.2, 0.25) is 11.2 Å². The average Bonchev–Trinajstić information content (AvgIpc) is 3.10. The molecule has 170 valence electrons. The third-order valence-corrected chi connectivity index (χ3v) is 7.14. The van der Waals surface area contributed by atoms with E-state index < -0.39 is 34.3 Å². The lowest BCUT2D eigenvalue weighted by Gasteiger charge is -2.38. The van der Waals surface area contributed by atoms with Crippen molar-refractivity contribution >= 4 is 11.9 Å². The van der Waals surface area contributed by atoms with Crippen LogP contribution in [-0.4, -0.2) is 46.6 Å². The molecule has 1 aromatic carbocycles. The molecule has 1 aliphatic carbocycles. The Hall–Kier alpha value is -2.32. The molecule has 8 heteroatoms. The van der Waals surface area contributed by atoms with Gasteiger partial charge in [0.05, 0.1) is 13.2 Å². The van der Waals surface area contributed by atoms with Crippen molar-refractivity contribution in [3.05, 3.63) is 23.3 Å². The van der Waals surface area contributed by atoms with Gasteiger partial charge in [-0.25, -0.2) is 9.59 Å². The number of esters is 2. The molecule has 4 unspecified atom stereocenters. The Morgan fingerprint density at radius 3 is 1.55 bits per heavy atom. The molecule has 2 N–H and O–H groups in total. The van der Waals surface area contributed by atoms with E-state index in [2.05, 4.69) is 0 Å². The first kappa shape index (κ1) is 21.9. The van der Waals surface area contributed by atoms with Crippen molar-refractivity contribution in [2.45, 2.75) is 82.2 Å². The van der Waals surface area contributed by atoms with Crippen molar-refractivity contribution in [3.8, 4) is 11.5 Å². The third-order valence-electron chi connectivity index (χ3n) is 7.14. The Kier molecular flexibility index (Phi) is 5.01. The Bertz CT molecular complexity index is 855. The largest absolute Gasteiger partial charge is 0.472 e. The summed E-state index contributed by atoms with van der Waals surface area (Å²) in [6, 6.07) is 3.22. The quantitative estimate of drug-likeness (QED) is 0.657. The minimum absolute atomic E-state index is 0.142. The van der Waals surface area contributed by atoms with E-state index in [-0.39, 0.29) is 50.4 Å². The van der Waals surface area contributed by atoms with Crippen LogP contribution in [0.2, 0.25) is 0 Å². The Balaban J connectivity index is 1.97. The predicted molar refractivity (Wildman–Crippen MR) is 109 cm³/mol. The van der Waals surface area contributed by atoms with Gasteiger partial charge in [-0.05, 0) is 58.1 Å². The number of hydrogen-bond donors (Lipinski definition) is 2. The highest BCUT2D eigenvalue weighted by molar-refractivity contribution is 5.87. The minimum atomic E-state index is -1.74. The molecule has 0 bridgehead atoms. The Labute approximate surface area is 181 Å². The van der Waals surface area contributed by atoms with Crippen LogP contribution >= 0.6 is 0 Å². The first-order chi connectivity index (χ1) is 14.7. The van der Waals surface area contributed by atoms with Gasteiger partial charge in [0.15, 0.2) is 0 Å². The fraction of sp³-hybridized carbons (Fsp3) is 0.652. The van der Waals surface area contributed by atoms with E-state index in [0.717, 1.165) is 0 Å². The molecule has 1 aromatic rings. The molecule has 0 saturated heterocycles. The van der Waals surface area contributed by atoms with Gasteiger partial charge in [-0.2, -0.15) is 0 Å². The van der Waals surface area contributed by atoms with Crippen LogP contribution in [0, 0.1) is 0 Å². The van der Waals surface area contributed by atoms with Gasteiger partial charge >= 0.3 is 11.9 Å². The second-order valence-electron chi connectivity index (χ2n) is 8.39. The Morgan fingerprint density at radius 1 is 0.839 bits per heavy atom. The van der Waals surface area contributed by atoms with Crippen LogP contribution in [0.25, 0.3) is 0 Å². The lowest BCUT2D eigenvalue weighted by atomic mass is 9.71. The molecule has 0 saturated carbocycles. The SMILES string of the molecule is CCOC(=O)C1(CC)Oc2ccc3c4c2C1(O)CCCC4(O)C(CC)(C(=O)OCC)O3. The Morgan fingerprint density at radius 2 is 1.23 bits per heavy atom. The van der Waals surface area contributed by atoms with E-state index in [4.69, 9.17) is 18.9 Å². The first-order valence-corrected chi connectivity index (χ1v) is 11.1. The van der Waals surface area contributed by atoms with Crippen LogP contribution in [0.4, 0.5) is 0 Å². The number of benzene rings is 1.